The lowest BCUT2D eigenvalue weighted by Crippen LogP contribution is -2.31. The summed E-state index contributed by atoms with van der Waals surface area (Å²) in [4.78, 5) is 1.35. The van der Waals surface area contributed by atoms with Crippen molar-refractivity contribution in [2.45, 2.75) is 63.3 Å². The molecule has 0 bridgehead atoms. The molecular weight excluding hydrogens is 330 g/mol. The van der Waals surface area contributed by atoms with Gasteiger partial charge in [0.15, 0.2) is 0 Å². The Labute approximate surface area is 137 Å². The second kappa shape index (κ2) is 11.6. The van der Waals surface area contributed by atoms with Gasteiger partial charge in [0.2, 0.25) is 0 Å². The summed E-state index contributed by atoms with van der Waals surface area (Å²) in [7, 11) is 0. The summed E-state index contributed by atoms with van der Waals surface area (Å²) >= 11 is 5.58. The van der Waals surface area contributed by atoms with Gasteiger partial charge in [0, 0.05) is 21.2 Å². The molecule has 0 spiro atoms. The van der Waals surface area contributed by atoms with Gasteiger partial charge in [-0.3, -0.25) is 0 Å². The molecule has 0 saturated heterocycles. The number of hydrogen-bond acceptors (Lipinski definition) is 2. The highest BCUT2D eigenvalue weighted by atomic mass is 79.9. The highest BCUT2D eigenvalue weighted by Crippen LogP contribution is 2.28. The van der Waals surface area contributed by atoms with Crippen molar-refractivity contribution in [3.8, 4) is 0 Å². The first-order chi connectivity index (χ1) is 9.77. The van der Waals surface area contributed by atoms with Gasteiger partial charge in [0.1, 0.15) is 0 Å². The Morgan fingerprint density at radius 3 is 2.55 bits per heavy atom. The normalized spacial score (nSPS) is 12.6. The predicted molar refractivity (Wildman–Crippen MR) is 95.7 cm³/mol. The average molecular weight is 358 g/mol. The third-order valence-electron chi connectivity index (χ3n) is 3.43. The largest absolute Gasteiger partial charge is 0.313 e. The van der Waals surface area contributed by atoms with E-state index in [1.807, 2.05) is 11.8 Å². The van der Waals surface area contributed by atoms with Gasteiger partial charge >= 0.3 is 0 Å². The maximum atomic E-state index is 3.63. The fourth-order valence-corrected chi connectivity index (χ4v) is 3.95. The van der Waals surface area contributed by atoms with Crippen LogP contribution in [0, 0.1) is 0 Å². The Balaban J connectivity index is 2.29. The molecule has 114 valence electrons. The first-order valence-corrected chi connectivity index (χ1v) is 9.66. The number of thioether (sulfide) groups is 1. The molecule has 0 aromatic heterocycles. The lowest BCUT2D eigenvalue weighted by molar-refractivity contribution is 0.496. The molecule has 20 heavy (non-hydrogen) atoms. The Hall–Kier alpha value is 0.01000. The van der Waals surface area contributed by atoms with Crippen molar-refractivity contribution in [3.63, 3.8) is 0 Å². The van der Waals surface area contributed by atoms with Crippen LogP contribution < -0.4 is 5.32 Å². The number of benzene rings is 1. The molecule has 3 heteroatoms. The molecule has 0 radical (unpaired) electrons. The van der Waals surface area contributed by atoms with Crippen molar-refractivity contribution >= 4 is 27.7 Å². The molecule has 0 fully saturated rings. The molecule has 1 N–H and O–H groups in total. The lowest BCUT2D eigenvalue weighted by Gasteiger charge is -2.17. The van der Waals surface area contributed by atoms with Crippen molar-refractivity contribution < 1.29 is 0 Å². The van der Waals surface area contributed by atoms with E-state index in [4.69, 9.17) is 0 Å². The summed E-state index contributed by atoms with van der Waals surface area (Å²) in [5.74, 6) is 1.16. The number of hydrogen-bond donors (Lipinski definition) is 1. The first kappa shape index (κ1) is 18.1. The topological polar surface area (TPSA) is 12.0 Å². The zero-order valence-electron chi connectivity index (χ0n) is 12.8. The van der Waals surface area contributed by atoms with Crippen LogP contribution in [0.5, 0.6) is 0 Å². The number of halogens is 1. The molecule has 1 rings (SSSR count). The van der Waals surface area contributed by atoms with Crippen LogP contribution in [0.25, 0.3) is 0 Å². The van der Waals surface area contributed by atoms with Gasteiger partial charge in [-0.15, -0.1) is 11.8 Å². The van der Waals surface area contributed by atoms with Crippen LogP contribution in [0.2, 0.25) is 0 Å². The molecule has 0 saturated carbocycles. The van der Waals surface area contributed by atoms with E-state index in [0.717, 1.165) is 12.3 Å². The summed E-state index contributed by atoms with van der Waals surface area (Å²) < 4.78 is 1.21. The van der Waals surface area contributed by atoms with Gasteiger partial charge < -0.3 is 5.32 Å². The third-order valence-corrected chi connectivity index (χ3v) is 5.62. The van der Waals surface area contributed by atoms with E-state index in [1.54, 1.807) is 0 Å². The fraction of sp³-hybridized carbons (Fsp3) is 0.647. The second-order valence-electron chi connectivity index (χ2n) is 5.20. The SMILES string of the molecule is CCCCCCCC(CSc1ccccc1Br)NCC. The highest BCUT2D eigenvalue weighted by Gasteiger charge is 2.09. The number of nitrogens with one attached hydrogen (secondary N) is 1. The molecule has 0 amide bonds. The Morgan fingerprint density at radius 1 is 1.10 bits per heavy atom. The fourth-order valence-electron chi connectivity index (χ4n) is 2.28. The van der Waals surface area contributed by atoms with Crippen LogP contribution in [0.15, 0.2) is 33.6 Å². The maximum absolute atomic E-state index is 3.63. The van der Waals surface area contributed by atoms with E-state index in [1.165, 1.54) is 47.9 Å². The highest BCUT2D eigenvalue weighted by molar-refractivity contribution is 9.10. The van der Waals surface area contributed by atoms with Gasteiger partial charge in [-0.1, -0.05) is 58.1 Å². The van der Waals surface area contributed by atoms with E-state index >= 15 is 0 Å². The summed E-state index contributed by atoms with van der Waals surface area (Å²) in [6, 6.07) is 9.14. The van der Waals surface area contributed by atoms with Crippen LogP contribution >= 0.6 is 27.7 Å². The van der Waals surface area contributed by atoms with Crippen LogP contribution in [0.4, 0.5) is 0 Å². The predicted octanol–water partition coefficient (Wildman–Crippen LogP) is 5.88. The molecule has 1 nitrogen and oxygen atoms in total. The first-order valence-electron chi connectivity index (χ1n) is 7.88. The van der Waals surface area contributed by atoms with E-state index < -0.39 is 0 Å². The quantitative estimate of drug-likeness (QED) is 0.392. The van der Waals surface area contributed by atoms with Crippen LogP contribution in [0.1, 0.15) is 52.4 Å². The molecule has 1 aromatic rings. The summed E-state index contributed by atoms with van der Waals surface area (Å²) in [6.45, 7) is 5.54. The minimum Gasteiger partial charge on any atom is -0.313 e. The second-order valence-corrected chi connectivity index (χ2v) is 7.12. The zero-order chi connectivity index (χ0) is 14.6. The smallest absolute Gasteiger partial charge is 0.0311 e. The Bertz CT molecular complexity index is 357. The molecule has 0 aliphatic rings. The zero-order valence-corrected chi connectivity index (χ0v) is 15.2. The number of rotatable bonds is 11. The minimum atomic E-state index is 0.638. The molecular formula is C17H28BrNS. The van der Waals surface area contributed by atoms with Crippen LogP contribution in [-0.4, -0.2) is 18.3 Å². The van der Waals surface area contributed by atoms with Gasteiger partial charge in [0.25, 0.3) is 0 Å². The standard InChI is InChI=1S/C17H28BrNS/c1-3-5-6-7-8-11-15(19-4-2)14-20-17-13-10-9-12-16(17)18/h9-10,12-13,15,19H,3-8,11,14H2,1-2H3. The van der Waals surface area contributed by atoms with Crippen molar-refractivity contribution in [1.82, 2.24) is 5.32 Å². The molecule has 0 heterocycles. The third kappa shape index (κ3) is 7.70. The summed E-state index contributed by atoms with van der Waals surface area (Å²) in [5.41, 5.74) is 0. The Morgan fingerprint density at radius 2 is 1.85 bits per heavy atom. The van der Waals surface area contributed by atoms with Crippen LogP contribution in [-0.2, 0) is 0 Å². The average Bonchev–Trinajstić information content (AvgIpc) is 2.46. The van der Waals surface area contributed by atoms with Crippen molar-refractivity contribution in [2.75, 3.05) is 12.3 Å². The molecule has 1 unspecified atom stereocenters. The lowest BCUT2D eigenvalue weighted by atomic mass is 10.1. The molecule has 0 aliphatic heterocycles. The minimum absolute atomic E-state index is 0.638. The summed E-state index contributed by atoms with van der Waals surface area (Å²) in [6.07, 6.45) is 8.15. The van der Waals surface area contributed by atoms with Crippen molar-refractivity contribution in [3.05, 3.63) is 28.7 Å². The van der Waals surface area contributed by atoms with E-state index in [2.05, 4.69) is 59.4 Å². The van der Waals surface area contributed by atoms with Crippen molar-refractivity contribution in [1.29, 1.82) is 0 Å². The van der Waals surface area contributed by atoms with E-state index in [-0.39, 0.29) is 0 Å². The molecule has 0 aliphatic carbocycles. The summed E-state index contributed by atoms with van der Waals surface area (Å²) in [5, 5.41) is 3.63. The maximum Gasteiger partial charge on any atom is 0.0311 e. The van der Waals surface area contributed by atoms with Gasteiger partial charge in [-0.05, 0) is 41.0 Å². The van der Waals surface area contributed by atoms with Crippen molar-refractivity contribution in [2.24, 2.45) is 0 Å². The van der Waals surface area contributed by atoms with E-state index in [9.17, 15) is 0 Å². The van der Waals surface area contributed by atoms with Gasteiger partial charge in [-0.25, -0.2) is 0 Å². The number of unbranched alkanes of at least 4 members (excludes halogenated alkanes) is 4. The Kier molecular flexibility index (Phi) is 10.5. The van der Waals surface area contributed by atoms with Gasteiger partial charge in [-0.2, -0.15) is 0 Å². The molecule has 1 aromatic carbocycles. The van der Waals surface area contributed by atoms with Crippen LogP contribution in [0.3, 0.4) is 0 Å². The molecule has 1 atom stereocenters. The monoisotopic (exact) mass is 357 g/mol. The van der Waals surface area contributed by atoms with Gasteiger partial charge in [0.05, 0.1) is 0 Å². The van der Waals surface area contributed by atoms with E-state index in [0.29, 0.717) is 6.04 Å².